The van der Waals surface area contributed by atoms with Crippen molar-refractivity contribution in [2.75, 3.05) is 5.32 Å². The first-order chi connectivity index (χ1) is 6.87. The SMILES string of the molecule is CC(C)(N)Cc1ccc(NC(N)=O)cc1. The van der Waals surface area contributed by atoms with E-state index in [0.717, 1.165) is 12.0 Å². The standard InChI is InChI=1S/C11H17N3O/c1-11(2,13)7-8-3-5-9(6-4-8)14-10(12)15/h3-6H,7,13H2,1-2H3,(H3,12,14,15). The average Bonchev–Trinajstić information content (AvgIpc) is 2.05. The van der Waals surface area contributed by atoms with Gasteiger partial charge in [-0.2, -0.15) is 0 Å². The number of amides is 2. The maximum Gasteiger partial charge on any atom is 0.316 e. The minimum absolute atomic E-state index is 0.224. The number of primary amides is 1. The van der Waals surface area contributed by atoms with Crippen LogP contribution < -0.4 is 16.8 Å². The maximum atomic E-state index is 10.6. The molecule has 5 N–H and O–H groups in total. The Balaban J connectivity index is 2.68. The second-order valence-corrected chi connectivity index (χ2v) is 4.35. The zero-order valence-corrected chi connectivity index (χ0v) is 9.08. The summed E-state index contributed by atoms with van der Waals surface area (Å²) >= 11 is 0. The highest BCUT2D eigenvalue weighted by atomic mass is 16.2. The predicted molar refractivity (Wildman–Crippen MR) is 61.6 cm³/mol. The molecular weight excluding hydrogens is 190 g/mol. The topological polar surface area (TPSA) is 81.1 Å². The molecule has 0 heterocycles. The van der Waals surface area contributed by atoms with Crippen LogP contribution in [0.4, 0.5) is 10.5 Å². The van der Waals surface area contributed by atoms with Crippen molar-refractivity contribution >= 4 is 11.7 Å². The highest BCUT2D eigenvalue weighted by Gasteiger charge is 2.11. The van der Waals surface area contributed by atoms with Crippen LogP contribution in [0.25, 0.3) is 0 Å². The van der Waals surface area contributed by atoms with E-state index in [9.17, 15) is 4.79 Å². The number of benzene rings is 1. The third-order valence-electron chi connectivity index (χ3n) is 1.88. The van der Waals surface area contributed by atoms with Crippen molar-refractivity contribution in [2.24, 2.45) is 11.5 Å². The van der Waals surface area contributed by atoms with Crippen LogP contribution in [0.1, 0.15) is 19.4 Å². The summed E-state index contributed by atoms with van der Waals surface area (Å²) in [7, 11) is 0. The van der Waals surface area contributed by atoms with E-state index in [1.54, 1.807) is 0 Å². The predicted octanol–water partition coefficient (Wildman–Crippen LogP) is 1.46. The van der Waals surface area contributed by atoms with Gasteiger partial charge in [0.25, 0.3) is 0 Å². The van der Waals surface area contributed by atoms with Crippen molar-refractivity contribution in [3.63, 3.8) is 0 Å². The number of rotatable bonds is 3. The Labute approximate surface area is 89.6 Å². The lowest BCUT2D eigenvalue weighted by Crippen LogP contribution is -2.34. The number of anilines is 1. The molecule has 0 atom stereocenters. The van der Waals surface area contributed by atoms with E-state index in [2.05, 4.69) is 5.32 Å². The number of hydrogen-bond donors (Lipinski definition) is 3. The summed E-state index contributed by atoms with van der Waals surface area (Å²) in [4.78, 5) is 10.6. The zero-order valence-electron chi connectivity index (χ0n) is 9.08. The average molecular weight is 207 g/mol. The van der Waals surface area contributed by atoms with Gasteiger partial charge in [0.15, 0.2) is 0 Å². The van der Waals surface area contributed by atoms with Gasteiger partial charge in [0.05, 0.1) is 0 Å². The summed E-state index contributed by atoms with van der Waals surface area (Å²) in [6, 6.07) is 6.93. The second kappa shape index (κ2) is 4.31. The zero-order chi connectivity index (χ0) is 11.5. The highest BCUT2D eigenvalue weighted by Crippen LogP contribution is 2.13. The molecule has 0 aliphatic rings. The molecule has 0 aromatic heterocycles. The molecule has 2 amide bonds. The van der Waals surface area contributed by atoms with Crippen molar-refractivity contribution in [1.29, 1.82) is 0 Å². The lowest BCUT2D eigenvalue weighted by atomic mass is 9.96. The molecule has 0 radical (unpaired) electrons. The lowest BCUT2D eigenvalue weighted by Gasteiger charge is -2.18. The van der Waals surface area contributed by atoms with E-state index < -0.39 is 6.03 Å². The molecule has 0 bridgehead atoms. The molecule has 0 fully saturated rings. The first-order valence-corrected chi connectivity index (χ1v) is 4.81. The first-order valence-electron chi connectivity index (χ1n) is 4.81. The number of nitrogens with two attached hydrogens (primary N) is 2. The first kappa shape index (κ1) is 11.5. The molecule has 0 saturated carbocycles. The Bertz CT molecular complexity index is 338. The maximum absolute atomic E-state index is 10.6. The van der Waals surface area contributed by atoms with E-state index in [0.29, 0.717) is 5.69 Å². The van der Waals surface area contributed by atoms with Gasteiger partial charge in [-0.3, -0.25) is 0 Å². The minimum atomic E-state index is -0.554. The largest absolute Gasteiger partial charge is 0.351 e. The summed E-state index contributed by atoms with van der Waals surface area (Å²) < 4.78 is 0. The van der Waals surface area contributed by atoms with Crippen LogP contribution >= 0.6 is 0 Å². The highest BCUT2D eigenvalue weighted by molar-refractivity contribution is 5.87. The quantitative estimate of drug-likeness (QED) is 0.701. The van der Waals surface area contributed by atoms with Crippen molar-refractivity contribution < 1.29 is 4.79 Å². The Kier molecular flexibility index (Phi) is 3.31. The van der Waals surface area contributed by atoms with Gasteiger partial charge in [-0.1, -0.05) is 12.1 Å². The second-order valence-electron chi connectivity index (χ2n) is 4.35. The van der Waals surface area contributed by atoms with Crippen LogP contribution in [0.15, 0.2) is 24.3 Å². The smallest absolute Gasteiger partial charge is 0.316 e. The molecule has 1 aromatic carbocycles. The number of carbonyl (C=O) groups is 1. The van der Waals surface area contributed by atoms with Crippen LogP contribution in [0.5, 0.6) is 0 Å². The fourth-order valence-electron chi connectivity index (χ4n) is 1.37. The van der Waals surface area contributed by atoms with Crippen LogP contribution in [0, 0.1) is 0 Å². The molecule has 1 aromatic rings. The normalized spacial score (nSPS) is 11.1. The monoisotopic (exact) mass is 207 g/mol. The Morgan fingerprint density at radius 3 is 2.27 bits per heavy atom. The van der Waals surface area contributed by atoms with E-state index in [4.69, 9.17) is 11.5 Å². The molecule has 0 saturated heterocycles. The van der Waals surface area contributed by atoms with Crippen LogP contribution in [-0.4, -0.2) is 11.6 Å². The summed E-state index contributed by atoms with van der Waals surface area (Å²) in [6.07, 6.45) is 0.795. The summed E-state index contributed by atoms with van der Waals surface area (Å²) in [5.41, 5.74) is 12.5. The summed E-state index contributed by atoms with van der Waals surface area (Å²) in [5.74, 6) is 0. The van der Waals surface area contributed by atoms with Gasteiger partial charge in [-0.15, -0.1) is 0 Å². The Morgan fingerprint density at radius 2 is 1.87 bits per heavy atom. The molecule has 82 valence electrons. The Hall–Kier alpha value is -1.55. The molecule has 4 nitrogen and oxygen atoms in total. The van der Waals surface area contributed by atoms with E-state index in [-0.39, 0.29) is 5.54 Å². The fourth-order valence-corrected chi connectivity index (χ4v) is 1.37. The molecule has 4 heteroatoms. The lowest BCUT2D eigenvalue weighted by molar-refractivity contribution is 0.259. The van der Waals surface area contributed by atoms with E-state index >= 15 is 0 Å². The molecule has 1 rings (SSSR count). The van der Waals surface area contributed by atoms with Gasteiger partial charge < -0.3 is 16.8 Å². The molecule has 15 heavy (non-hydrogen) atoms. The Morgan fingerprint density at radius 1 is 1.33 bits per heavy atom. The van der Waals surface area contributed by atoms with E-state index in [1.807, 2.05) is 38.1 Å². The summed E-state index contributed by atoms with van der Waals surface area (Å²) in [6.45, 7) is 3.95. The molecule has 0 aliphatic heterocycles. The van der Waals surface area contributed by atoms with Gasteiger partial charge in [0.2, 0.25) is 0 Å². The minimum Gasteiger partial charge on any atom is -0.351 e. The molecule has 0 spiro atoms. The molecule has 0 aliphatic carbocycles. The van der Waals surface area contributed by atoms with E-state index in [1.165, 1.54) is 0 Å². The molecular formula is C11H17N3O. The summed E-state index contributed by atoms with van der Waals surface area (Å²) in [5, 5.41) is 2.50. The number of hydrogen-bond acceptors (Lipinski definition) is 2. The van der Waals surface area contributed by atoms with Crippen LogP contribution in [-0.2, 0) is 6.42 Å². The van der Waals surface area contributed by atoms with Crippen molar-refractivity contribution in [3.8, 4) is 0 Å². The number of carbonyl (C=O) groups excluding carboxylic acids is 1. The van der Waals surface area contributed by atoms with Crippen LogP contribution in [0.2, 0.25) is 0 Å². The number of nitrogens with one attached hydrogen (secondary N) is 1. The third kappa shape index (κ3) is 4.46. The van der Waals surface area contributed by atoms with Crippen LogP contribution in [0.3, 0.4) is 0 Å². The van der Waals surface area contributed by atoms with Gasteiger partial charge >= 0.3 is 6.03 Å². The molecule has 0 unspecified atom stereocenters. The van der Waals surface area contributed by atoms with Gasteiger partial charge in [0, 0.05) is 11.2 Å². The third-order valence-corrected chi connectivity index (χ3v) is 1.88. The van der Waals surface area contributed by atoms with Crippen molar-refractivity contribution in [1.82, 2.24) is 0 Å². The van der Waals surface area contributed by atoms with Gasteiger partial charge in [-0.05, 0) is 38.0 Å². The van der Waals surface area contributed by atoms with Crippen molar-refractivity contribution in [2.45, 2.75) is 25.8 Å². The fraction of sp³-hybridized carbons (Fsp3) is 0.364. The van der Waals surface area contributed by atoms with Gasteiger partial charge in [0.1, 0.15) is 0 Å². The van der Waals surface area contributed by atoms with Gasteiger partial charge in [-0.25, -0.2) is 4.79 Å². The van der Waals surface area contributed by atoms with Crippen molar-refractivity contribution in [3.05, 3.63) is 29.8 Å². The number of urea groups is 1.